The average Bonchev–Trinajstić information content (AvgIpc) is 2.66. The lowest BCUT2D eigenvalue weighted by molar-refractivity contribution is 0.402. The van der Waals surface area contributed by atoms with Crippen molar-refractivity contribution in [2.45, 2.75) is 58.3 Å². The van der Waals surface area contributed by atoms with Gasteiger partial charge in [0.2, 0.25) is 0 Å². The number of fused-ring (bicyclic) bond motifs is 1. The summed E-state index contributed by atoms with van der Waals surface area (Å²) in [7, 11) is 0. The highest BCUT2D eigenvalue weighted by atomic mass is 35.5. The van der Waals surface area contributed by atoms with Crippen LogP contribution in [0.4, 0.5) is 0 Å². The van der Waals surface area contributed by atoms with E-state index in [-0.39, 0.29) is 0 Å². The van der Waals surface area contributed by atoms with Gasteiger partial charge in [-0.15, -0.1) is 6.42 Å². The summed E-state index contributed by atoms with van der Waals surface area (Å²) in [6.07, 6.45) is 15.0. The number of halogens is 1. The van der Waals surface area contributed by atoms with Crippen molar-refractivity contribution in [1.29, 1.82) is 0 Å². The molecule has 0 nitrogen and oxygen atoms in total. The topological polar surface area (TPSA) is 0 Å². The summed E-state index contributed by atoms with van der Waals surface area (Å²) < 4.78 is 0. The summed E-state index contributed by atoms with van der Waals surface area (Å²) in [5.74, 6) is 4.02. The lowest BCUT2D eigenvalue weighted by Gasteiger charge is -2.26. The third kappa shape index (κ3) is 3.92. The van der Waals surface area contributed by atoms with Gasteiger partial charge < -0.3 is 0 Å². The molecular weight excluding hydrogens is 276 g/mol. The number of aryl methyl sites for hydroxylation is 1. The van der Waals surface area contributed by atoms with Crippen molar-refractivity contribution in [3.8, 4) is 12.3 Å². The van der Waals surface area contributed by atoms with Crippen LogP contribution < -0.4 is 0 Å². The van der Waals surface area contributed by atoms with Crippen LogP contribution >= 0.6 is 11.6 Å². The first-order valence-electron chi connectivity index (χ1n) is 8.15. The van der Waals surface area contributed by atoms with Crippen LogP contribution in [0.25, 0.3) is 0 Å². The number of terminal acetylenes is 1. The van der Waals surface area contributed by atoms with E-state index >= 15 is 0 Å². The standard InChI is InChI=1S/C20H25Cl/c1-4-7-16(8-5-2)20-13-15(6-3)9-10-17-14-18(21)11-12-19(17)20/h3,11-14,16,20H,4-5,7-10H2,1-2H3. The Kier molecular flexibility index (Phi) is 5.95. The van der Waals surface area contributed by atoms with Crippen LogP contribution in [0.5, 0.6) is 0 Å². The van der Waals surface area contributed by atoms with Gasteiger partial charge in [-0.05, 0) is 60.4 Å². The Labute approximate surface area is 134 Å². The van der Waals surface area contributed by atoms with Crippen LogP contribution in [0.3, 0.4) is 0 Å². The molecule has 1 aromatic carbocycles. The van der Waals surface area contributed by atoms with Crippen LogP contribution in [0, 0.1) is 18.3 Å². The van der Waals surface area contributed by atoms with Gasteiger partial charge in [-0.2, -0.15) is 0 Å². The van der Waals surface area contributed by atoms with Gasteiger partial charge in [-0.3, -0.25) is 0 Å². The summed E-state index contributed by atoms with van der Waals surface area (Å²) in [6, 6.07) is 6.37. The number of benzene rings is 1. The molecule has 1 atom stereocenters. The maximum Gasteiger partial charge on any atom is 0.0408 e. The third-order valence-electron chi connectivity index (χ3n) is 4.52. The Balaban J connectivity index is 2.44. The Morgan fingerprint density at radius 2 is 1.95 bits per heavy atom. The van der Waals surface area contributed by atoms with Crippen LogP contribution in [0.15, 0.2) is 29.8 Å². The molecule has 1 aliphatic carbocycles. The normalized spacial score (nSPS) is 17.9. The van der Waals surface area contributed by atoms with E-state index in [9.17, 15) is 0 Å². The van der Waals surface area contributed by atoms with Gasteiger partial charge in [0, 0.05) is 10.9 Å². The van der Waals surface area contributed by atoms with Crippen molar-refractivity contribution in [3.05, 3.63) is 46.0 Å². The molecular formula is C20H25Cl. The van der Waals surface area contributed by atoms with Crippen molar-refractivity contribution in [2.75, 3.05) is 0 Å². The fourth-order valence-corrected chi connectivity index (χ4v) is 3.73. The highest BCUT2D eigenvalue weighted by Crippen LogP contribution is 2.39. The molecule has 0 aromatic heterocycles. The maximum absolute atomic E-state index is 6.19. The van der Waals surface area contributed by atoms with Crippen molar-refractivity contribution in [1.82, 2.24) is 0 Å². The van der Waals surface area contributed by atoms with Crippen molar-refractivity contribution in [2.24, 2.45) is 5.92 Å². The Morgan fingerprint density at radius 3 is 2.57 bits per heavy atom. The Bertz CT molecular complexity index is 541. The van der Waals surface area contributed by atoms with Crippen molar-refractivity contribution >= 4 is 11.6 Å². The molecule has 0 amide bonds. The van der Waals surface area contributed by atoms with E-state index in [1.165, 1.54) is 36.8 Å². The zero-order valence-corrected chi connectivity index (χ0v) is 13.9. The smallest absolute Gasteiger partial charge is 0.0408 e. The Morgan fingerprint density at radius 1 is 1.24 bits per heavy atom. The predicted octanol–water partition coefficient (Wildman–Crippen LogP) is 6.15. The van der Waals surface area contributed by atoms with Gasteiger partial charge in [0.05, 0.1) is 0 Å². The SMILES string of the molecule is C#CC1=CC(C(CCC)CCC)c2ccc(Cl)cc2CC1. The molecule has 0 radical (unpaired) electrons. The van der Waals surface area contributed by atoms with E-state index in [1.807, 2.05) is 6.07 Å². The van der Waals surface area contributed by atoms with E-state index in [4.69, 9.17) is 18.0 Å². The first-order chi connectivity index (χ1) is 10.2. The van der Waals surface area contributed by atoms with Gasteiger partial charge in [-0.25, -0.2) is 0 Å². The fraction of sp³-hybridized carbons (Fsp3) is 0.500. The minimum absolute atomic E-state index is 0.450. The van der Waals surface area contributed by atoms with Gasteiger partial charge >= 0.3 is 0 Å². The lowest BCUT2D eigenvalue weighted by Crippen LogP contribution is -2.12. The second-order valence-corrected chi connectivity index (χ2v) is 6.48. The molecule has 2 rings (SSSR count). The number of hydrogen-bond donors (Lipinski definition) is 0. The van der Waals surface area contributed by atoms with Gasteiger partial charge in [-0.1, -0.05) is 56.4 Å². The molecule has 1 aromatic rings. The molecule has 0 saturated heterocycles. The number of hydrogen-bond acceptors (Lipinski definition) is 0. The van der Waals surface area contributed by atoms with Gasteiger partial charge in [0.1, 0.15) is 0 Å². The first-order valence-corrected chi connectivity index (χ1v) is 8.53. The molecule has 0 spiro atoms. The molecule has 0 fully saturated rings. The quantitative estimate of drug-likeness (QED) is 0.572. The number of rotatable bonds is 5. The first kappa shape index (κ1) is 16.2. The maximum atomic E-state index is 6.19. The molecule has 1 unspecified atom stereocenters. The molecule has 0 heterocycles. The zero-order valence-electron chi connectivity index (χ0n) is 13.2. The largest absolute Gasteiger partial charge is 0.115 e. The summed E-state index contributed by atoms with van der Waals surface area (Å²) in [5.41, 5.74) is 3.98. The number of allylic oxidation sites excluding steroid dienone is 2. The average molecular weight is 301 g/mol. The third-order valence-corrected chi connectivity index (χ3v) is 4.76. The second-order valence-electron chi connectivity index (χ2n) is 6.04. The molecule has 0 bridgehead atoms. The molecule has 21 heavy (non-hydrogen) atoms. The summed E-state index contributed by atoms with van der Waals surface area (Å²) in [5, 5.41) is 0.833. The zero-order chi connectivity index (χ0) is 15.2. The van der Waals surface area contributed by atoms with Crippen molar-refractivity contribution < 1.29 is 0 Å². The molecule has 0 N–H and O–H groups in total. The minimum atomic E-state index is 0.450. The van der Waals surface area contributed by atoms with Gasteiger partial charge in [0.25, 0.3) is 0 Å². The lowest BCUT2D eigenvalue weighted by atomic mass is 9.79. The minimum Gasteiger partial charge on any atom is -0.115 e. The summed E-state index contributed by atoms with van der Waals surface area (Å²) >= 11 is 6.19. The highest BCUT2D eigenvalue weighted by Gasteiger charge is 2.25. The van der Waals surface area contributed by atoms with Gasteiger partial charge in [0.15, 0.2) is 0 Å². The molecule has 0 saturated carbocycles. The van der Waals surface area contributed by atoms with E-state index in [1.54, 1.807) is 0 Å². The van der Waals surface area contributed by atoms with E-state index in [0.29, 0.717) is 11.8 Å². The predicted molar refractivity (Wildman–Crippen MR) is 92.7 cm³/mol. The second kappa shape index (κ2) is 7.71. The van der Waals surface area contributed by atoms with Crippen LogP contribution in [0.2, 0.25) is 5.02 Å². The highest BCUT2D eigenvalue weighted by molar-refractivity contribution is 6.30. The molecule has 112 valence electrons. The molecule has 0 aliphatic heterocycles. The fourth-order valence-electron chi connectivity index (χ4n) is 3.53. The van der Waals surface area contributed by atoms with Crippen molar-refractivity contribution in [3.63, 3.8) is 0 Å². The van der Waals surface area contributed by atoms with Crippen LogP contribution in [0.1, 0.15) is 63.0 Å². The van der Waals surface area contributed by atoms with Crippen LogP contribution in [-0.2, 0) is 6.42 Å². The summed E-state index contributed by atoms with van der Waals surface area (Å²) in [6.45, 7) is 4.54. The van der Waals surface area contributed by atoms with E-state index in [2.05, 4.69) is 38.0 Å². The van der Waals surface area contributed by atoms with Crippen LogP contribution in [-0.4, -0.2) is 0 Å². The van der Waals surface area contributed by atoms with E-state index in [0.717, 1.165) is 23.4 Å². The summed E-state index contributed by atoms with van der Waals surface area (Å²) in [4.78, 5) is 0. The molecule has 1 aliphatic rings. The molecule has 1 heteroatoms. The monoisotopic (exact) mass is 300 g/mol. The Hall–Kier alpha value is -1.19. The van der Waals surface area contributed by atoms with E-state index < -0.39 is 0 Å².